The van der Waals surface area contributed by atoms with Crippen LogP contribution in [0.1, 0.15) is 40.0 Å². The Morgan fingerprint density at radius 3 is 2.87 bits per heavy atom. The van der Waals surface area contributed by atoms with Crippen LogP contribution in [-0.4, -0.2) is 46.8 Å². The molecule has 7 nitrogen and oxygen atoms in total. The van der Waals surface area contributed by atoms with Crippen LogP contribution in [0.4, 0.5) is 5.82 Å². The maximum Gasteiger partial charge on any atom is 0.259 e. The Balaban J connectivity index is 1.87. The van der Waals surface area contributed by atoms with E-state index in [1.54, 1.807) is 6.92 Å². The zero-order chi connectivity index (χ0) is 16.6. The highest BCUT2D eigenvalue weighted by Crippen LogP contribution is 2.23. The molecular weight excluding hydrogens is 294 g/mol. The molecule has 0 saturated carbocycles. The van der Waals surface area contributed by atoms with Crippen molar-refractivity contribution in [2.75, 3.05) is 25.5 Å². The van der Waals surface area contributed by atoms with Gasteiger partial charge in [-0.2, -0.15) is 5.10 Å². The van der Waals surface area contributed by atoms with Crippen LogP contribution in [0.3, 0.4) is 0 Å². The average molecular weight is 315 g/mol. The third-order valence-electron chi connectivity index (χ3n) is 4.15. The summed E-state index contributed by atoms with van der Waals surface area (Å²) in [7, 11) is 3.85. The number of aromatic nitrogens is 3. The highest BCUT2D eigenvalue weighted by molar-refractivity contribution is 5.96. The second-order valence-electron chi connectivity index (χ2n) is 5.96. The predicted molar refractivity (Wildman–Crippen MR) is 85.4 cm³/mol. The Hall–Kier alpha value is -2.44. The summed E-state index contributed by atoms with van der Waals surface area (Å²) >= 11 is 0. The molecule has 0 fully saturated rings. The van der Waals surface area contributed by atoms with Crippen molar-refractivity contribution in [3.8, 4) is 0 Å². The van der Waals surface area contributed by atoms with Gasteiger partial charge in [-0.15, -0.1) is 5.10 Å². The molecule has 1 aliphatic rings. The van der Waals surface area contributed by atoms with E-state index in [0.29, 0.717) is 37.3 Å². The van der Waals surface area contributed by atoms with E-state index < -0.39 is 0 Å². The summed E-state index contributed by atoms with van der Waals surface area (Å²) in [5, 5.41) is 12.5. The fourth-order valence-corrected chi connectivity index (χ4v) is 2.80. The molecule has 0 spiro atoms. The van der Waals surface area contributed by atoms with Crippen molar-refractivity contribution in [3.05, 3.63) is 34.3 Å². The number of carbonyl (C=O) groups excluding carboxylic acids is 1. The van der Waals surface area contributed by atoms with Gasteiger partial charge in [0.2, 0.25) is 0 Å². The topological polar surface area (TPSA) is 75.4 Å². The van der Waals surface area contributed by atoms with E-state index in [-0.39, 0.29) is 5.91 Å². The van der Waals surface area contributed by atoms with Crippen LogP contribution in [0.5, 0.6) is 0 Å². The van der Waals surface area contributed by atoms with E-state index in [1.165, 1.54) is 0 Å². The number of amides is 1. The van der Waals surface area contributed by atoms with E-state index in [9.17, 15) is 4.79 Å². The minimum Gasteiger partial charge on any atom is -0.361 e. The lowest BCUT2D eigenvalue weighted by molar-refractivity contribution is 0.0730. The molecule has 23 heavy (non-hydrogen) atoms. The summed E-state index contributed by atoms with van der Waals surface area (Å²) in [6, 6.07) is 2.00. The van der Waals surface area contributed by atoms with Gasteiger partial charge in [-0.25, -0.2) is 0 Å². The Morgan fingerprint density at radius 2 is 2.17 bits per heavy atom. The lowest BCUT2D eigenvalue weighted by Gasteiger charge is -2.28. The molecule has 0 radical (unpaired) electrons. The van der Waals surface area contributed by atoms with Gasteiger partial charge in [-0.05, 0) is 25.0 Å². The molecule has 1 aliphatic heterocycles. The lowest BCUT2D eigenvalue weighted by Crippen LogP contribution is -2.37. The minimum absolute atomic E-state index is 0.0190. The van der Waals surface area contributed by atoms with Gasteiger partial charge in [0.1, 0.15) is 11.3 Å². The zero-order valence-electron chi connectivity index (χ0n) is 14.0. The van der Waals surface area contributed by atoms with Crippen LogP contribution in [-0.2, 0) is 19.4 Å². The zero-order valence-corrected chi connectivity index (χ0v) is 14.0. The van der Waals surface area contributed by atoms with E-state index in [4.69, 9.17) is 4.52 Å². The number of rotatable bonds is 3. The smallest absolute Gasteiger partial charge is 0.259 e. The molecule has 0 aliphatic carbocycles. The van der Waals surface area contributed by atoms with Crippen molar-refractivity contribution in [2.45, 2.75) is 33.2 Å². The second-order valence-corrected chi connectivity index (χ2v) is 5.96. The van der Waals surface area contributed by atoms with Crippen molar-refractivity contribution in [1.82, 2.24) is 20.3 Å². The van der Waals surface area contributed by atoms with E-state index in [0.717, 1.165) is 22.8 Å². The number of nitrogens with zero attached hydrogens (tertiary/aromatic N) is 5. The summed E-state index contributed by atoms with van der Waals surface area (Å²) in [5.41, 5.74) is 3.35. The summed E-state index contributed by atoms with van der Waals surface area (Å²) in [6.07, 6.45) is 1.40. The van der Waals surface area contributed by atoms with Gasteiger partial charge < -0.3 is 14.3 Å². The lowest BCUT2D eigenvalue weighted by atomic mass is 10.0. The molecule has 2 aromatic rings. The normalized spacial score (nSPS) is 13.8. The van der Waals surface area contributed by atoms with Crippen LogP contribution in [0.25, 0.3) is 0 Å². The van der Waals surface area contributed by atoms with Crippen molar-refractivity contribution in [3.63, 3.8) is 0 Å². The molecule has 3 rings (SSSR count). The van der Waals surface area contributed by atoms with Crippen LogP contribution < -0.4 is 4.90 Å². The Labute approximate surface area is 135 Å². The minimum atomic E-state index is -0.0190. The average Bonchev–Trinajstić information content (AvgIpc) is 2.93. The van der Waals surface area contributed by atoms with Crippen LogP contribution >= 0.6 is 0 Å². The van der Waals surface area contributed by atoms with Gasteiger partial charge in [-0.1, -0.05) is 12.1 Å². The molecule has 0 N–H and O–H groups in total. The molecule has 0 bridgehead atoms. The maximum atomic E-state index is 12.9. The summed E-state index contributed by atoms with van der Waals surface area (Å²) < 4.78 is 5.19. The predicted octanol–water partition coefficient (Wildman–Crippen LogP) is 1.60. The van der Waals surface area contributed by atoms with Gasteiger partial charge in [0.25, 0.3) is 5.91 Å². The highest BCUT2D eigenvalue weighted by atomic mass is 16.5. The molecule has 0 atom stereocenters. The maximum absolute atomic E-state index is 12.9. The quantitative estimate of drug-likeness (QED) is 0.856. The Morgan fingerprint density at radius 1 is 1.39 bits per heavy atom. The number of fused-ring (bicyclic) bond motifs is 1. The van der Waals surface area contributed by atoms with Gasteiger partial charge in [0.05, 0.1) is 11.4 Å². The fourth-order valence-electron chi connectivity index (χ4n) is 2.80. The van der Waals surface area contributed by atoms with E-state index in [1.807, 2.05) is 36.9 Å². The number of aryl methyl sites for hydroxylation is 2. The summed E-state index contributed by atoms with van der Waals surface area (Å²) in [6.45, 7) is 4.93. The molecule has 0 aromatic carbocycles. The first-order chi connectivity index (χ1) is 11.0. The summed E-state index contributed by atoms with van der Waals surface area (Å²) in [4.78, 5) is 16.6. The van der Waals surface area contributed by atoms with Gasteiger partial charge in [0.15, 0.2) is 5.82 Å². The first-order valence-corrected chi connectivity index (χ1v) is 7.78. The molecule has 2 aromatic heterocycles. The van der Waals surface area contributed by atoms with Gasteiger partial charge >= 0.3 is 0 Å². The molecule has 7 heteroatoms. The largest absolute Gasteiger partial charge is 0.361 e. The third kappa shape index (κ3) is 2.78. The molecule has 3 heterocycles. The van der Waals surface area contributed by atoms with Crippen molar-refractivity contribution < 1.29 is 9.32 Å². The van der Waals surface area contributed by atoms with E-state index in [2.05, 4.69) is 15.4 Å². The van der Waals surface area contributed by atoms with Crippen molar-refractivity contribution >= 4 is 11.7 Å². The molecule has 122 valence electrons. The van der Waals surface area contributed by atoms with Crippen LogP contribution in [0.2, 0.25) is 0 Å². The summed E-state index contributed by atoms with van der Waals surface area (Å²) in [5.74, 6) is 1.36. The van der Waals surface area contributed by atoms with Crippen LogP contribution in [0.15, 0.2) is 10.6 Å². The molecule has 0 unspecified atom stereocenters. The first kappa shape index (κ1) is 15.5. The number of hydrogen-bond donors (Lipinski definition) is 0. The number of carbonyl (C=O) groups is 1. The number of hydrogen-bond acceptors (Lipinski definition) is 6. The standard InChI is InChI=1S/C16H21N5O2/c1-5-12-15(10(2)23-19-12)16(22)21-7-6-13-11(9-21)8-14(18-17-13)20(3)4/h8H,5-7,9H2,1-4H3. The monoisotopic (exact) mass is 315 g/mol. The van der Waals surface area contributed by atoms with Crippen LogP contribution in [0, 0.1) is 6.92 Å². The van der Waals surface area contributed by atoms with Gasteiger partial charge in [-0.3, -0.25) is 4.79 Å². The van der Waals surface area contributed by atoms with Gasteiger partial charge in [0, 0.05) is 33.6 Å². The molecule has 1 amide bonds. The highest BCUT2D eigenvalue weighted by Gasteiger charge is 2.28. The molecule has 0 saturated heterocycles. The third-order valence-corrected chi connectivity index (χ3v) is 4.15. The SMILES string of the molecule is CCc1noc(C)c1C(=O)N1CCc2nnc(N(C)C)cc2C1. The molecular formula is C16H21N5O2. The number of anilines is 1. The first-order valence-electron chi connectivity index (χ1n) is 7.78. The second kappa shape index (κ2) is 5.98. The fraction of sp³-hybridized carbons (Fsp3) is 0.500. The van der Waals surface area contributed by atoms with Crippen molar-refractivity contribution in [2.24, 2.45) is 0 Å². The Bertz CT molecular complexity index is 738. The Kier molecular flexibility index (Phi) is 4.02. The van der Waals surface area contributed by atoms with E-state index >= 15 is 0 Å². The van der Waals surface area contributed by atoms with Crippen molar-refractivity contribution in [1.29, 1.82) is 0 Å².